The van der Waals surface area contributed by atoms with E-state index in [1.54, 1.807) is 0 Å². The van der Waals surface area contributed by atoms with Gasteiger partial charge in [0, 0.05) is 6.54 Å². The van der Waals surface area contributed by atoms with Gasteiger partial charge in [-0.3, -0.25) is 0 Å². The predicted molar refractivity (Wildman–Crippen MR) is 79.1 cm³/mol. The van der Waals surface area contributed by atoms with E-state index >= 15 is 0 Å². The van der Waals surface area contributed by atoms with Gasteiger partial charge in [-0.05, 0) is 57.1 Å². The average molecular weight is 278 g/mol. The van der Waals surface area contributed by atoms with E-state index in [9.17, 15) is 4.79 Å². The number of nitrogens with zero attached hydrogens (tertiary/aromatic N) is 1. The van der Waals surface area contributed by atoms with Crippen LogP contribution in [0.15, 0.2) is 29.3 Å². The SMILES string of the molecule is CC(C)(C)OC(=O)NCCc1ccc(N=C=S)cc1. The van der Waals surface area contributed by atoms with Crippen molar-refractivity contribution >= 4 is 29.2 Å². The highest BCUT2D eigenvalue weighted by molar-refractivity contribution is 7.78. The minimum atomic E-state index is -0.468. The Hall–Kier alpha value is -1.71. The van der Waals surface area contributed by atoms with Crippen LogP contribution in [-0.2, 0) is 11.2 Å². The number of aliphatic imine (C=N–C) groups is 1. The van der Waals surface area contributed by atoms with Gasteiger partial charge in [0.05, 0.1) is 10.8 Å². The molecule has 19 heavy (non-hydrogen) atoms. The fraction of sp³-hybridized carbons (Fsp3) is 0.429. The smallest absolute Gasteiger partial charge is 0.407 e. The third kappa shape index (κ3) is 6.70. The summed E-state index contributed by atoms with van der Waals surface area (Å²) in [7, 11) is 0. The number of rotatable bonds is 4. The van der Waals surface area contributed by atoms with Gasteiger partial charge in [0.25, 0.3) is 0 Å². The number of benzene rings is 1. The molecule has 1 rings (SSSR count). The third-order valence-corrected chi connectivity index (χ3v) is 2.28. The lowest BCUT2D eigenvalue weighted by Crippen LogP contribution is -2.33. The number of carbonyl (C=O) groups is 1. The summed E-state index contributed by atoms with van der Waals surface area (Å²) in [6.07, 6.45) is 0.343. The van der Waals surface area contributed by atoms with Gasteiger partial charge in [-0.25, -0.2) is 4.79 Å². The van der Waals surface area contributed by atoms with Crippen molar-refractivity contribution < 1.29 is 9.53 Å². The summed E-state index contributed by atoms with van der Waals surface area (Å²) in [5.74, 6) is 0. The Balaban J connectivity index is 2.37. The Bertz CT molecular complexity index is 471. The number of ether oxygens (including phenoxy) is 1. The van der Waals surface area contributed by atoms with E-state index in [4.69, 9.17) is 4.74 Å². The number of carbonyl (C=O) groups excluding carboxylic acids is 1. The first-order valence-corrected chi connectivity index (χ1v) is 6.45. The zero-order valence-electron chi connectivity index (χ0n) is 11.4. The van der Waals surface area contributed by atoms with Crippen LogP contribution in [0.2, 0.25) is 0 Å². The molecule has 0 bridgehead atoms. The topological polar surface area (TPSA) is 50.7 Å². The van der Waals surface area contributed by atoms with Crippen LogP contribution in [0, 0.1) is 0 Å². The van der Waals surface area contributed by atoms with Gasteiger partial charge in [0.1, 0.15) is 5.60 Å². The first-order chi connectivity index (χ1) is 8.90. The molecule has 0 radical (unpaired) electrons. The highest BCUT2D eigenvalue weighted by atomic mass is 32.1. The number of hydrogen-bond donors (Lipinski definition) is 1. The van der Waals surface area contributed by atoms with E-state index in [0.717, 1.165) is 17.7 Å². The van der Waals surface area contributed by atoms with Crippen LogP contribution in [0.25, 0.3) is 0 Å². The van der Waals surface area contributed by atoms with Crippen molar-refractivity contribution in [2.75, 3.05) is 6.54 Å². The quantitative estimate of drug-likeness (QED) is 0.677. The molecule has 1 aromatic rings. The van der Waals surface area contributed by atoms with E-state index in [1.807, 2.05) is 45.0 Å². The fourth-order valence-electron chi connectivity index (χ4n) is 1.41. The van der Waals surface area contributed by atoms with Crippen LogP contribution in [0.4, 0.5) is 10.5 Å². The summed E-state index contributed by atoms with van der Waals surface area (Å²) >= 11 is 4.53. The summed E-state index contributed by atoms with van der Waals surface area (Å²) < 4.78 is 5.14. The largest absolute Gasteiger partial charge is 0.444 e. The van der Waals surface area contributed by atoms with E-state index in [-0.39, 0.29) is 0 Å². The second kappa shape index (κ2) is 7.02. The zero-order valence-corrected chi connectivity index (χ0v) is 12.2. The van der Waals surface area contributed by atoms with Crippen molar-refractivity contribution in [2.24, 2.45) is 4.99 Å². The van der Waals surface area contributed by atoms with Gasteiger partial charge in [-0.2, -0.15) is 4.99 Å². The molecule has 1 aromatic carbocycles. The van der Waals surface area contributed by atoms with Crippen LogP contribution in [-0.4, -0.2) is 23.4 Å². The number of hydrogen-bond acceptors (Lipinski definition) is 4. The van der Waals surface area contributed by atoms with Crippen LogP contribution in [0.1, 0.15) is 26.3 Å². The van der Waals surface area contributed by atoms with E-state index in [1.165, 1.54) is 0 Å². The summed E-state index contributed by atoms with van der Waals surface area (Å²) in [4.78, 5) is 15.3. The van der Waals surface area contributed by atoms with Gasteiger partial charge in [0.15, 0.2) is 0 Å². The van der Waals surface area contributed by atoms with E-state index < -0.39 is 11.7 Å². The van der Waals surface area contributed by atoms with Crippen LogP contribution < -0.4 is 5.32 Å². The van der Waals surface area contributed by atoms with Crippen molar-refractivity contribution in [1.29, 1.82) is 0 Å². The molecule has 0 unspecified atom stereocenters. The van der Waals surface area contributed by atoms with Crippen LogP contribution in [0.5, 0.6) is 0 Å². The Morgan fingerprint density at radius 1 is 1.37 bits per heavy atom. The molecular formula is C14H18N2O2S. The lowest BCUT2D eigenvalue weighted by molar-refractivity contribution is 0.0528. The number of amides is 1. The van der Waals surface area contributed by atoms with Crippen molar-refractivity contribution in [3.05, 3.63) is 29.8 Å². The third-order valence-electron chi connectivity index (χ3n) is 2.19. The minimum absolute atomic E-state index is 0.394. The predicted octanol–water partition coefficient (Wildman–Crippen LogP) is 3.49. The molecule has 1 N–H and O–H groups in total. The summed E-state index contributed by atoms with van der Waals surface area (Å²) in [6.45, 7) is 6.04. The Labute approximate surface area is 118 Å². The van der Waals surface area contributed by atoms with E-state index in [2.05, 4.69) is 27.7 Å². The molecule has 0 fully saturated rings. The fourth-order valence-corrected chi connectivity index (χ4v) is 1.52. The molecule has 0 aliphatic heterocycles. The maximum atomic E-state index is 11.4. The molecular weight excluding hydrogens is 260 g/mol. The Kier molecular flexibility index (Phi) is 5.67. The molecule has 0 heterocycles. The van der Waals surface area contributed by atoms with Gasteiger partial charge in [0.2, 0.25) is 0 Å². The molecule has 0 aromatic heterocycles. The van der Waals surface area contributed by atoms with Gasteiger partial charge in [-0.1, -0.05) is 12.1 Å². The number of alkyl carbamates (subject to hydrolysis) is 1. The van der Waals surface area contributed by atoms with E-state index in [0.29, 0.717) is 6.54 Å². The highest BCUT2D eigenvalue weighted by Gasteiger charge is 2.15. The molecule has 0 aliphatic rings. The molecule has 4 nitrogen and oxygen atoms in total. The summed E-state index contributed by atoms with van der Waals surface area (Å²) in [5, 5.41) is 5.03. The second-order valence-corrected chi connectivity index (χ2v) is 5.23. The van der Waals surface area contributed by atoms with Crippen LogP contribution >= 0.6 is 12.2 Å². The van der Waals surface area contributed by atoms with Gasteiger partial charge < -0.3 is 10.1 Å². The molecule has 0 aliphatic carbocycles. The normalized spacial score (nSPS) is 10.5. The number of thiocarbonyl (C=S) groups is 1. The minimum Gasteiger partial charge on any atom is -0.444 e. The van der Waals surface area contributed by atoms with Crippen molar-refractivity contribution in [1.82, 2.24) is 5.32 Å². The maximum absolute atomic E-state index is 11.4. The molecule has 0 atom stereocenters. The first-order valence-electron chi connectivity index (χ1n) is 6.04. The number of isothiocyanates is 1. The lowest BCUT2D eigenvalue weighted by atomic mass is 10.1. The van der Waals surface area contributed by atoms with Crippen molar-refractivity contribution in [2.45, 2.75) is 32.8 Å². The average Bonchev–Trinajstić information content (AvgIpc) is 2.29. The van der Waals surface area contributed by atoms with Gasteiger partial charge >= 0.3 is 6.09 Å². The molecule has 0 spiro atoms. The Morgan fingerprint density at radius 2 is 2.00 bits per heavy atom. The maximum Gasteiger partial charge on any atom is 0.407 e. The van der Waals surface area contributed by atoms with Crippen molar-refractivity contribution in [3.8, 4) is 0 Å². The zero-order chi connectivity index (χ0) is 14.3. The van der Waals surface area contributed by atoms with Crippen LogP contribution in [0.3, 0.4) is 0 Å². The van der Waals surface area contributed by atoms with Gasteiger partial charge in [-0.15, -0.1) is 0 Å². The molecule has 1 amide bonds. The molecule has 5 heteroatoms. The Morgan fingerprint density at radius 3 is 2.53 bits per heavy atom. The summed E-state index contributed by atoms with van der Waals surface area (Å²) in [5.41, 5.74) is 1.42. The molecule has 0 saturated heterocycles. The highest BCUT2D eigenvalue weighted by Crippen LogP contribution is 2.12. The standard InChI is InChI=1S/C14H18N2O2S/c1-14(2,3)18-13(17)15-9-8-11-4-6-12(7-5-11)16-10-19/h4-7H,8-9H2,1-3H3,(H,15,17). The number of nitrogens with one attached hydrogen (secondary N) is 1. The van der Waals surface area contributed by atoms with Crippen molar-refractivity contribution in [3.63, 3.8) is 0 Å². The monoisotopic (exact) mass is 278 g/mol. The molecule has 0 saturated carbocycles. The summed E-state index contributed by atoms with van der Waals surface area (Å²) in [6, 6.07) is 7.62. The second-order valence-electron chi connectivity index (χ2n) is 5.05. The molecule has 102 valence electrons. The lowest BCUT2D eigenvalue weighted by Gasteiger charge is -2.19. The first kappa shape index (κ1) is 15.3.